The summed E-state index contributed by atoms with van der Waals surface area (Å²) in [5, 5.41) is 9.74. The second-order valence-corrected chi connectivity index (χ2v) is 17.3. The maximum atomic E-state index is 12.7. The average Bonchev–Trinajstić information content (AvgIpc) is 3.19. The van der Waals surface area contributed by atoms with Crippen molar-refractivity contribution in [2.24, 2.45) is 0 Å². The molecule has 0 saturated heterocycles. The molecule has 0 heterocycles. The van der Waals surface area contributed by atoms with Gasteiger partial charge in [0.2, 0.25) is 0 Å². The van der Waals surface area contributed by atoms with Crippen LogP contribution < -0.4 is 0 Å². The van der Waals surface area contributed by atoms with E-state index >= 15 is 0 Å². The number of phosphoric ester groups is 2. The summed E-state index contributed by atoms with van der Waals surface area (Å²) in [5.74, 6) is -1.07. The van der Waals surface area contributed by atoms with Crippen LogP contribution >= 0.6 is 15.6 Å². The van der Waals surface area contributed by atoms with Gasteiger partial charge in [0.15, 0.2) is 6.10 Å². The van der Waals surface area contributed by atoms with E-state index in [1.165, 1.54) is 57.8 Å². The molecule has 0 fully saturated rings. The topological polar surface area (TPSA) is 195 Å². The van der Waals surface area contributed by atoms with E-state index in [2.05, 4.69) is 83.7 Å². The zero-order chi connectivity index (χ0) is 43.7. The number of allylic oxidation sites excluding steroid dienone is 10. The van der Waals surface area contributed by atoms with E-state index in [-0.39, 0.29) is 12.8 Å². The second-order valence-electron chi connectivity index (χ2n) is 14.6. The Morgan fingerprint density at radius 3 is 1.44 bits per heavy atom. The number of rotatable bonds is 41. The molecule has 4 N–H and O–H groups in total. The number of aliphatic hydroxyl groups is 1. The van der Waals surface area contributed by atoms with Gasteiger partial charge in [-0.1, -0.05) is 158 Å². The second kappa shape index (κ2) is 39.9. The first-order valence-corrected chi connectivity index (χ1v) is 25.0. The summed E-state index contributed by atoms with van der Waals surface area (Å²) in [5.41, 5.74) is 0. The lowest BCUT2D eigenvalue weighted by atomic mass is 10.0. The van der Waals surface area contributed by atoms with Crippen LogP contribution in [0.4, 0.5) is 0 Å². The van der Waals surface area contributed by atoms with Crippen molar-refractivity contribution >= 4 is 27.6 Å². The van der Waals surface area contributed by atoms with Crippen LogP contribution in [0.15, 0.2) is 60.8 Å². The summed E-state index contributed by atoms with van der Waals surface area (Å²) < 4.78 is 47.7. The van der Waals surface area contributed by atoms with Crippen LogP contribution in [0.3, 0.4) is 0 Å². The van der Waals surface area contributed by atoms with Crippen molar-refractivity contribution in [3.63, 3.8) is 0 Å². The molecule has 0 amide bonds. The largest absolute Gasteiger partial charge is 0.472 e. The van der Waals surface area contributed by atoms with Gasteiger partial charge in [-0.3, -0.25) is 23.2 Å². The van der Waals surface area contributed by atoms with Crippen molar-refractivity contribution in [3.8, 4) is 0 Å². The predicted octanol–water partition coefficient (Wildman–Crippen LogP) is 11.2. The first-order valence-electron chi connectivity index (χ1n) is 22.0. The van der Waals surface area contributed by atoms with Crippen LogP contribution in [0.1, 0.15) is 168 Å². The molecule has 0 aliphatic heterocycles. The van der Waals surface area contributed by atoms with E-state index in [0.29, 0.717) is 12.8 Å². The fraction of sp³-hybridized carbons (Fsp3) is 0.727. The zero-order valence-electron chi connectivity index (χ0n) is 36.1. The van der Waals surface area contributed by atoms with Crippen LogP contribution in [0.25, 0.3) is 0 Å². The molecule has 3 atom stereocenters. The molecule has 0 aliphatic carbocycles. The molecule has 3 unspecified atom stereocenters. The smallest absolute Gasteiger partial charge is 0.462 e. The number of hydrogen-bond donors (Lipinski definition) is 4. The van der Waals surface area contributed by atoms with Gasteiger partial charge >= 0.3 is 27.6 Å². The van der Waals surface area contributed by atoms with Crippen molar-refractivity contribution in [2.75, 3.05) is 26.4 Å². The van der Waals surface area contributed by atoms with Crippen LogP contribution in [0.5, 0.6) is 0 Å². The Morgan fingerprint density at radius 1 is 0.508 bits per heavy atom. The highest BCUT2D eigenvalue weighted by Gasteiger charge is 2.28. The summed E-state index contributed by atoms with van der Waals surface area (Å²) in [6.07, 6.45) is 42.1. The van der Waals surface area contributed by atoms with Crippen LogP contribution in [-0.2, 0) is 41.8 Å². The molecule has 0 rings (SSSR count). The van der Waals surface area contributed by atoms with Gasteiger partial charge in [-0.05, 0) is 57.8 Å². The minimum Gasteiger partial charge on any atom is -0.462 e. The number of hydrogen-bond acceptors (Lipinski definition) is 10. The molecular weight excluding hydrogens is 798 g/mol. The molecule has 0 aromatic rings. The molecule has 342 valence electrons. The maximum Gasteiger partial charge on any atom is 0.472 e. The number of unbranched alkanes of at least 4 members (excludes halogenated alkanes) is 15. The SMILES string of the molecule is CCC=CCC=CCC=CCC=CCC=CCCCCCC(=O)OC(COC(=O)CCCCCCCCCCCCCCC)COP(=O)(O)OCC(O)COP(=O)(O)O. The number of carbonyl (C=O) groups is 2. The average molecular weight is 877 g/mol. The van der Waals surface area contributed by atoms with E-state index < -0.39 is 66.2 Å². The number of esters is 2. The molecule has 0 radical (unpaired) electrons. The van der Waals surface area contributed by atoms with Crippen molar-refractivity contribution in [2.45, 2.75) is 180 Å². The van der Waals surface area contributed by atoms with E-state index in [9.17, 15) is 28.7 Å². The summed E-state index contributed by atoms with van der Waals surface area (Å²) in [4.78, 5) is 52.7. The summed E-state index contributed by atoms with van der Waals surface area (Å²) in [6.45, 7) is 1.61. The normalized spacial score (nSPS) is 14.6. The fourth-order valence-corrected chi connectivity index (χ4v) is 6.77. The van der Waals surface area contributed by atoms with Gasteiger partial charge in [-0.15, -0.1) is 0 Å². The summed E-state index contributed by atoms with van der Waals surface area (Å²) in [7, 11) is -9.68. The Bertz CT molecular complexity index is 1280. The Morgan fingerprint density at radius 2 is 0.932 bits per heavy atom. The van der Waals surface area contributed by atoms with Gasteiger partial charge in [0, 0.05) is 12.8 Å². The predicted molar refractivity (Wildman–Crippen MR) is 234 cm³/mol. The zero-order valence-corrected chi connectivity index (χ0v) is 37.9. The van der Waals surface area contributed by atoms with E-state index in [1.54, 1.807) is 0 Å². The lowest BCUT2D eigenvalue weighted by Crippen LogP contribution is -2.30. The molecule has 0 aromatic carbocycles. The van der Waals surface area contributed by atoms with Gasteiger partial charge in [-0.2, -0.15) is 0 Å². The Labute approximate surface area is 355 Å². The third-order valence-electron chi connectivity index (χ3n) is 8.91. The molecule has 0 spiro atoms. The Hall–Kier alpha value is -2.18. The fourth-order valence-electron chi connectivity index (χ4n) is 5.61. The Balaban J connectivity index is 4.58. The molecular formula is C44H78O13P2. The summed E-state index contributed by atoms with van der Waals surface area (Å²) >= 11 is 0. The minimum absolute atomic E-state index is 0.0914. The Kier molecular flexibility index (Phi) is 38.5. The molecule has 15 heteroatoms. The first-order chi connectivity index (χ1) is 28.4. The third kappa shape index (κ3) is 43.7. The number of ether oxygens (including phenoxy) is 2. The summed E-state index contributed by atoms with van der Waals surface area (Å²) in [6, 6.07) is 0. The molecule has 13 nitrogen and oxygen atoms in total. The molecule has 0 aliphatic rings. The van der Waals surface area contributed by atoms with E-state index in [0.717, 1.165) is 70.6 Å². The van der Waals surface area contributed by atoms with Crippen molar-refractivity contribution < 1.29 is 61.6 Å². The van der Waals surface area contributed by atoms with Gasteiger partial charge in [0.1, 0.15) is 12.7 Å². The van der Waals surface area contributed by atoms with Crippen molar-refractivity contribution in [3.05, 3.63) is 60.8 Å². The maximum absolute atomic E-state index is 12.7. The van der Waals surface area contributed by atoms with Crippen LogP contribution in [-0.4, -0.2) is 70.4 Å². The van der Waals surface area contributed by atoms with Gasteiger partial charge in [0.05, 0.1) is 19.8 Å². The standard InChI is InChI=1S/C44H78O13P2/c1-3-5-7-9-11-13-15-17-18-19-20-21-22-24-26-28-30-32-34-36-44(47)57-42(40-56-59(51,52)55-38-41(45)37-54-58(48,49)50)39-53-43(46)35-33-31-29-27-25-23-16-14-12-10-8-6-4-2/h5,7,11,13,17-18,20-21,24,26,41-42,45H,3-4,6,8-10,12,14-16,19,22-23,25,27-40H2,1-2H3,(H,51,52)(H2,48,49,50). The molecule has 0 saturated carbocycles. The highest BCUT2D eigenvalue weighted by Crippen LogP contribution is 2.43. The van der Waals surface area contributed by atoms with Crippen molar-refractivity contribution in [1.29, 1.82) is 0 Å². The lowest BCUT2D eigenvalue weighted by Gasteiger charge is -2.20. The van der Waals surface area contributed by atoms with Gasteiger partial charge in [-0.25, -0.2) is 9.13 Å². The quantitative estimate of drug-likeness (QED) is 0.0196. The van der Waals surface area contributed by atoms with Gasteiger partial charge in [0.25, 0.3) is 0 Å². The van der Waals surface area contributed by atoms with Crippen LogP contribution in [0.2, 0.25) is 0 Å². The highest BCUT2D eigenvalue weighted by molar-refractivity contribution is 7.47. The van der Waals surface area contributed by atoms with Crippen molar-refractivity contribution in [1.82, 2.24) is 0 Å². The number of aliphatic hydroxyl groups excluding tert-OH is 1. The monoisotopic (exact) mass is 876 g/mol. The lowest BCUT2D eigenvalue weighted by molar-refractivity contribution is -0.161. The molecule has 59 heavy (non-hydrogen) atoms. The molecule has 0 bridgehead atoms. The molecule has 0 aromatic heterocycles. The van der Waals surface area contributed by atoms with E-state index in [1.807, 2.05) is 0 Å². The van der Waals surface area contributed by atoms with E-state index in [4.69, 9.17) is 23.8 Å². The van der Waals surface area contributed by atoms with Gasteiger partial charge < -0.3 is 29.3 Å². The highest BCUT2D eigenvalue weighted by atomic mass is 31.2. The van der Waals surface area contributed by atoms with Crippen LogP contribution in [0, 0.1) is 0 Å². The number of carbonyl (C=O) groups excluding carboxylic acids is 2. The third-order valence-corrected chi connectivity index (χ3v) is 10.3. The first kappa shape index (κ1) is 56.8. The number of phosphoric acid groups is 2. The minimum atomic E-state index is -4.87.